The topological polar surface area (TPSA) is 32.3 Å². The van der Waals surface area contributed by atoms with Gasteiger partial charge < -0.3 is 0 Å². The lowest BCUT2D eigenvalue weighted by molar-refractivity contribution is -0.125. The Morgan fingerprint density at radius 2 is 1.90 bits per heavy atom. The van der Waals surface area contributed by atoms with E-state index in [0.717, 1.165) is 12.8 Å². The smallest absolute Gasteiger partial charge is 0.234 e. The fourth-order valence-electron chi connectivity index (χ4n) is 2.26. The minimum absolute atomic E-state index is 0.0927. The van der Waals surface area contributed by atoms with Crippen LogP contribution in [-0.4, -0.2) is 18.0 Å². The molecule has 0 bridgehead atoms. The number of hydrazine groups is 1. The summed E-state index contributed by atoms with van der Waals surface area (Å²) in [5, 5.41) is 4.32. The lowest BCUT2D eigenvalue weighted by Gasteiger charge is -2.18. The molecule has 3 heteroatoms. The molecule has 1 amide bonds. The Balaban J connectivity index is 1.95. The highest BCUT2D eigenvalue weighted by Crippen LogP contribution is 2.16. The van der Waals surface area contributed by atoms with Gasteiger partial charge in [-0.05, 0) is 28.8 Å². The number of nitrogens with zero attached hydrogens (tertiary/aromatic N) is 1. The van der Waals surface area contributed by atoms with Crippen LogP contribution in [0, 0.1) is 0 Å². The zero-order valence-corrected chi connectivity index (χ0v) is 12.2. The van der Waals surface area contributed by atoms with Gasteiger partial charge in [0.05, 0.1) is 0 Å². The van der Waals surface area contributed by atoms with Gasteiger partial charge in [0.2, 0.25) is 5.91 Å². The van der Waals surface area contributed by atoms with Gasteiger partial charge in [0, 0.05) is 20.0 Å². The van der Waals surface area contributed by atoms with Gasteiger partial charge in [-0.3, -0.25) is 10.2 Å². The summed E-state index contributed by atoms with van der Waals surface area (Å²) in [6, 6.07) is 14.7. The zero-order chi connectivity index (χ0) is 14.4. The number of benzene rings is 2. The van der Waals surface area contributed by atoms with Gasteiger partial charge in [0.25, 0.3) is 0 Å². The fraction of sp³-hybridized carbons (Fsp3) is 0.353. The quantitative estimate of drug-likeness (QED) is 0.815. The van der Waals surface area contributed by atoms with Crippen LogP contribution in [0.3, 0.4) is 0 Å². The van der Waals surface area contributed by atoms with E-state index in [1.54, 1.807) is 0 Å². The molecule has 0 saturated heterocycles. The highest BCUT2D eigenvalue weighted by molar-refractivity contribution is 5.83. The van der Waals surface area contributed by atoms with Crippen molar-refractivity contribution in [3.63, 3.8) is 0 Å². The van der Waals surface area contributed by atoms with Gasteiger partial charge in [-0.1, -0.05) is 49.7 Å². The van der Waals surface area contributed by atoms with Crippen LogP contribution in [0.4, 0.5) is 0 Å². The number of carbonyl (C=O) groups excluding carboxylic acids is 1. The Hall–Kier alpha value is -1.87. The number of amides is 1. The summed E-state index contributed by atoms with van der Waals surface area (Å²) in [5.74, 6) is 0.0927. The summed E-state index contributed by atoms with van der Waals surface area (Å²) in [6.45, 7) is 2.80. The lowest BCUT2D eigenvalue weighted by Crippen LogP contribution is -2.38. The molecule has 0 fully saturated rings. The first kappa shape index (κ1) is 14.5. The fourth-order valence-corrected chi connectivity index (χ4v) is 2.26. The van der Waals surface area contributed by atoms with Crippen molar-refractivity contribution in [3.05, 3.63) is 48.0 Å². The average molecular weight is 270 g/mol. The molecule has 0 aliphatic carbocycles. The Morgan fingerprint density at radius 1 is 1.15 bits per heavy atom. The first-order valence-electron chi connectivity index (χ1n) is 7.17. The van der Waals surface area contributed by atoms with Gasteiger partial charge in [-0.25, -0.2) is 5.01 Å². The van der Waals surface area contributed by atoms with Crippen LogP contribution in [0.1, 0.15) is 31.7 Å². The van der Waals surface area contributed by atoms with Gasteiger partial charge in [0.1, 0.15) is 0 Å². The number of hydrogen-bond acceptors (Lipinski definition) is 2. The molecule has 0 heterocycles. The van der Waals surface area contributed by atoms with Gasteiger partial charge in [-0.15, -0.1) is 0 Å². The molecule has 1 N–H and O–H groups in total. The standard InChI is InChI=1S/C17H22N2O/c1-3-4-9-17(20)18-19(2)13-14-10-11-15-7-5-6-8-16(15)12-14/h5-8,10-12H,3-4,9,13H2,1-2H3,(H,18,20). The number of fused-ring (bicyclic) bond motifs is 1. The van der Waals surface area contributed by atoms with E-state index in [-0.39, 0.29) is 5.91 Å². The maximum Gasteiger partial charge on any atom is 0.234 e. The Labute approximate surface area is 120 Å². The predicted octanol–water partition coefficient (Wildman–Crippen LogP) is 3.49. The van der Waals surface area contributed by atoms with Crippen molar-refractivity contribution in [2.45, 2.75) is 32.7 Å². The van der Waals surface area contributed by atoms with E-state index in [0.29, 0.717) is 13.0 Å². The van der Waals surface area contributed by atoms with E-state index < -0.39 is 0 Å². The number of nitrogens with one attached hydrogen (secondary N) is 1. The molecule has 0 spiro atoms. The molecule has 2 aromatic carbocycles. The average Bonchev–Trinajstić information content (AvgIpc) is 2.44. The molecule has 0 unspecified atom stereocenters. The Kier molecular flexibility index (Phi) is 5.13. The highest BCUT2D eigenvalue weighted by atomic mass is 16.2. The van der Waals surface area contributed by atoms with Crippen molar-refractivity contribution in [1.29, 1.82) is 0 Å². The molecule has 0 radical (unpaired) electrons. The molecular formula is C17H22N2O. The largest absolute Gasteiger partial charge is 0.289 e. The first-order valence-corrected chi connectivity index (χ1v) is 7.17. The van der Waals surface area contributed by atoms with Gasteiger partial charge in [-0.2, -0.15) is 0 Å². The van der Waals surface area contributed by atoms with E-state index >= 15 is 0 Å². The summed E-state index contributed by atoms with van der Waals surface area (Å²) in [7, 11) is 1.90. The first-order chi connectivity index (χ1) is 9.69. The van der Waals surface area contributed by atoms with Crippen LogP contribution in [0.5, 0.6) is 0 Å². The van der Waals surface area contributed by atoms with Crippen LogP contribution in [0.15, 0.2) is 42.5 Å². The number of hydrogen-bond donors (Lipinski definition) is 1. The number of rotatable bonds is 6. The monoisotopic (exact) mass is 270 g/mol. The molecule has 2 rings (SSSR count). The molecule has 2 aromatic rings. The maximum absolute atomic E-state index is 11.7. The van der Waals surface area contributed by atoms with Crippen molar-refractivity contribution in [1.82, 2.24) is 10.4 Å². The normalized spacial score (nSPS) is 10.9. The Morgan fingerprint density at radius 3 is 2.65 bits per heavy atom. The SMILES string of the molecule is CCCCC(=O)NN(C)Cc1ccc2ccccc2c1. The van der Waals surface area contributed by atoms with Crippen molar-refractivity contribution >= 4 is 16.7 Å². The predicted molar refractivity (Wildman–Crippen MR) is 83.1 cm³/mol. The summed E-state index contributed by atoms with van der Waals surface area (Å²) in [6.07, 6.45) is 2.58. The maximum atomic E-state index is 11.7. The van der Waals surface area contributed by atoms with Crippen LogP contribution in [0.25, 0.3) is 10.8 Å². The van der Waals surface area contributed by atoms with Gasteiger partial charge >= 0.3 is 0 Å². The minimum atomic E-state index is 0.0927. The van der Waals surface area contributed by atoms with Crippen molar-refractivity contribution in [2.24, 2.45) is 0 Å². The van der Waals surface area contributed by atoms with Crippen molar-refractivity contribution in [2.75, 3.05) is 7.05 Å². The second kappa shape index (κ2) is 7.06. The van der Waals surface area contributed by atoms with Gasteiger partial charge in [0.15, 0.2) is 0 Å². The summed E-state index contributed by atoms with van der Waals surface area (Å²) in [5.41, 5.74) is 4.10. The zero-order valence-electron chi connectivity index (χ0n) is 12.2. The number of unbranched alkanes of at least 4 members (excludes halogenated alkanes) is 1. The molecule has 20 heavy (non-hydrogen) atoms. The minimum Gasteiger partial charge on any atom is -0.289 e. The second-order valence-corrected chi connectivity index (χ2v) is 5.18. The molecule has 106 valence electrons. The molecule has 0 aliphatic heterocycles. The molecule has 3 nitrogen and oxygen atoms in total. The third-order valence-electron chi connectivity index (χ3n) is 3.31. The molecular weight excluding hydrogens is 248 g/mol. The Bertz CT molecular complexity index is 580. The van der Waals surface area contributed by atoms with Crippen LogP contribution in [-0.2, 0) is 11.3 Å². The van der Waals surface area contributed by atoms with Crippen LogP contribution >= 0.6 is 0 Å². The molecule has 0 atom stereocenters. The summed E-state index contributed by atoms with van der Waals surface area (Å²) >= 11 is 0. The molecule has 0 saturated carbocycles. The number of carbonyl (C=O) groups is 1. The molecule has 0 aliphatic rings. The summed E-state index contributed by atoms with van der Waals surface area (Å²) < 4.78 is 0. The highest BCUT2D eigenvalue weighted by Gasteiger charge is 2.05. The van der Waals surface area contributed by atoms with E-state index in [4.69, 9.17) is 0 Å². The molecule has 0 aromatic heterocycles. The van der Waals surface area contributed by atoms with Crippen LogP contribution < -0.4 is 5.43 Å². The van der Waals surface area contributed by atoms with E-state index in [1.165, 1.54) is 16.3 Å². The van der Waals surface area contributed by atoms with Crippen molar-refractivity contribution in [3.8, 4) is 0 Å². The van der Waals surface area contributed by atoms with E-state index in [1.807, 2.05) is 24.2 Å². The third-order valence-corrected chi connectivity index (χ3v) is 3.31. The third kappa shape index (κ3) is 4.07. The van der Waals surface area contributed by atoms with E-state index in [9.17, 15) is 4.79 Å². The van der Waals surface area contributed by atoms with Crippen molar-refractivity contribution < 1.29 is 4.79 Å². The van der Waals surface area contributed by atoms with E-state index in [2.05, 4.69) is 42.7 Å². The lowest BCUT2D eigenvalue weighted by atomic mass is 10.1. The van der Waals surface area contributed by atoms with Crippen LogP contribution in [0.2, 0.25) is 0 Å². The second-order valence-electron chi connectivity index (χ2n) is 5.18. The summed E-state index contributed by atoms with van der Waals surface area (Å²) in [4.78, 5) is 11.7.